The van der Waals surface area contributed by atoms with Gasteiger partial charge in [-0.15, -0.1) is 0 Å². The topological polar surface area (TPSA) is 67.2 Å². The molecule has 116 valence electrons. The van der Waals surface area contributed by atoms with E-state index in [4.69, 9.17) is 5.73 Å². The van der Waals surface area contributed by atoms with Crippen molar-refractivity contribution in [3.05, 3.63) is 35.4 Å². The Labute approximate surface area is 127 Å². The van der Waals surface area contributed by atoms with E-state index in [-0.39, 0.29) is 5.91 Å². The Morgan fingerprint density at radius 1 is 1.43 bits per heavy atom. The first kappa shape index (κ1) is 16.0. The van der Waals surface area contributed by atoms with E-state index in [1.165, 1.54) is 25.7 Å². The highest BCUT2D eigenvalue weighted by Crippen LogP contribution is 2.13. The van der Waals surface area contributed by atoms with Crippen LogP contribution in [0, 0.1) is 0 Å². The third-order valence-electron chi connectivity index (χ3n) is 4.17. The van der Waals surface area contributed by atoms with Gasteiger partial charge in [0, 0.05) is 24.2 Å². The van der Waals surface area contributed by atoms with Gasteiger partial charge in [-0.1, -0.05) is 25.0 Å². The minimum absolute atomic E-state index is 0.368. The Morgan fingerprint density at radius 3 is 3.10 bits per heavy atom. The summed E-state index contributed by atoms with van der Waals surface area (Å²) in [6.45, 7) is 4.15. The summed E-state index contributed by atoms with van der Waals surface area (Å²) in [4.78, 5) is 11.2. The van der Waals surface area contributed by atoms with Gasteiger partial charge in [-0.05, 0) is 50.4 Å². The van der Waals surface area contributed by atoms with Gasteiger partial charge < -0.3 is 16.4 Å². The highest BCUT2D eigenvalue weighted by Gasteiger charge is 2.14. The van der Waals surface area contributed by atoms with Gasteiger partial charge in [0.2, 0.25) is 5.91 Å². The Balaban J connectivity index is 1.79. The molecule has 21 heavy (non-hydrogen) atoms. The van der Waals surface area contributed by atoms with Crippen molar-refractivity contribution >= 4 is 5.91 Å². The highest BCUT2D eigenvalue weighted by molar-refractivity contribution is 5.92. The lowest BCUT2D eigenvalue weighted by molar-refractivity contribution is 0.1000. The van der Waals surface area contributed by atoms with E-state index in [1.807, 2.05) is 18.2 Å². The largest absolute Gasteiger partial charge is 0.366 e. The molecule has 2 rings (SSSR count). The molecule has 2 atom stereocenters. The van der Waals surface area contributed by atoms with Gasteiger partial charge in [-0.2, -0.15) is 0 Å². The van der Waals surface area contributed by atoms with Crippen LogP contribution in [0.25, 0.3) is 0 Å². The number of amides is 1. The Bertz CT molecular complexity index is 453. The number of carbonyl (C=O) groups excluding carboxylic acids is 1. The van der Waals surface area contributed by atoms with Gasteiger partial charge in [0.25, 0.3) is 0 Å². The van der Waals surface area contributed by atoms with Crippen LogP contribution in [0.3, 0.4) is 0 Å². The Morgan fingerprint density at radius 2 is 2.29 bits per heavy atom. The van der Waals surface area contributed by atoms with Gasteiger partial charge in [-0.25, -0.2) is 0 Å². The third-order valence-corrected chi connectivity index (χ3v) is 4.17. The van der Waals surface area contributed by atoms with E-state index in [9.17, 15) is 4.79 Å². The lowest BCUT2D eigenvalue weighted by Crippen LogP contribution is -2.36. The number of nitrogens with one attached hydrogen (secondary N) is 2. The standard InChI is InChI=1S/C17H27N3O/c1-13(10-16-8-3-2-4-9-19-16)20-12-14-6-5-7-15(11-14)17(18)21/h5-7,11,13,16,19-20H,2-4,8-10,12H2,1H3,(H2,18,21). The first-order valence-electron chi connectivity index (χ1n) is 8.00. The summed E-state index contributed by atoms with van der Waals surface area (Å²) < 4.78 is 0. The molecule has 4 heteroatoms. The number of benzene rings is 1. The molecule has 0 bridgehead atoms. The zero-order valence-corrected chi connectivity index (χ0v) is 12.9. The third kappa shape index (κ3) is 5.48. The van der Waals surface area contributed by atoms with E-state index in [1.54, 1.807) is 6.07 Å². The maximum absolute atomic E-state index is 11.2. The average molecular weight is 289 g/mol. The lowest BCUT2D eigenvalue weighted by Gasteiger charge is -2.21. The molecular weight excluding hydrogens is 262 g/mol. The fourth-order valence-electron chi connectivity index (χ4n) is 2.94. The molecule has 0 saturated carbocycles. The number of primary amides is 1. The molecule has 0 spiro atoms. The molecule has 1 aliphatic rings. The maximum Gasteiger partial charge on any atom is 0.248 e. The molecule has 1 aliphatic heterocycles. The van der Waals surface area contributed by atoms with E-state index in [0.717, 1.165) is 25.1 Å². The number of rotatable bonds is 6. The zero-order chi connectivity index (χ0) is 15.1. The molecule has 1 heterocycles. The van der Waals surface area contributed by atoms with Crippen LogP contribution in [-0.2, 0) is 6.54 Å². The van der Waals surface area contributed by atoms with Crippen molar-refractivity contribution in [2.24, 2.45) is 5.73 Å². The summed E-state index contributed by atoms with van der Waals surface area (Å²) in [5.74, 6) is -0.368. The summed E-state index contributed by atoms with van der Waals surface area (Å²) in [6, 6.07) is 8.62. The summed E-state index contributed by atoms with van der Waals surface area (Å²) in [6.07, 6.45) is 6.42. The first-order chi connectivity index (χ1) is 10.1. The van der Waals surface area contributed by atoms with Gasteiger partial charge in [0.15, 0.2) is 0 Å². The van der Waals surface area contributed by atoms with Crippen molar-refractivity contribution < 1.29 is 4.79 Å². The van der Waals surface area contributed by atoms with Crippen LogP contribution in [0.5, 0.6) is 0 Å². The van der Waals surface area contributed by atoms with Crippen LogP contribution >= 0.6 is 0 Å². The van der Waals surface area contributed by atoms with Crippen molar-refractivity contribution in [3.63, 3.8) is 0 Å². The van der Waals surface area contributed by atoms with E-state index in [2.05, 4.69) is 17.6 Å². The smallest absolute Gasteiger partial charge is 0.248 e. The molecule has 1 aromatic carbocycles. The summed E-state index contributed by atoms with van der Waals surface area (Å²) in [7, 11) is 0. The molecule has 0 aromatic heterocycles. The lowest BCUT2D eigenvalue weighted by atomic mass is 10.0. The number of hydrogen-bond donors (Lipinski definition) is 3. The van der Waals surface area contributed by atoms with Gasteiger partial charge in [-0.3, -0.25) is 4.79 Å². The van der Waals surface area contributed by atoms with Gasteiger partial charge in [0.05, 0.1) is 0 Å². The average Bonchev–Trinajstić information content (AvgIpc) is 2.74. The number of hydrogen-bond acceptors (Lipinski definition) is 3. The Hall–Kier alpha value is -1.39. The van der Waals surface area contributed by atoms with E-state index < -0.39 is 0 Å². The molecule has 2 unspecified atom stereocenters. The molecule has 1 saturated heterocycles. The summed E-state index contributed by atoms with van der Waals surface area (Å²) in [5, 5.41) is 7.17. The summed E-state index contributed by atoms with van der Waals surface area (Å²) in [5.41, 5.74) is 6.99. The second-order valence-corrected chi connectivity index (χ2v) is 6.08. The van der Waals surface area contributed by atoms with Crippen LogP contribution < -0.4 is 16.4 Å². The van der Waals surface area contributed by atoms with Crippen molar-refractivity contribution in [1.29, 1.82) is 0 Å². The van der Waals surface area contributed by atoms with E-state index >= 15 is 0 Å². The number of nitrogens with two attached hydrogens (primary N) is 1. The fraction of sp³-hybridized carbons (Fsp3) is 0.588. The highest BCUT2D eigenvalue weighted by atomic mass is 16.1. The minimum atomic E-state index is -0.368. The second kappa shape index (κ2) is 8.15. The molecule has 4 N–H and O–H groups in total. The summed E-state index contributed by atoms with van der Waals surface area (Å²) >= 11 is 0. The van der Waals surface area contributed by atoms with Crippen molar-refractivity contribution in [2.45, 2.75) is 57.7 Å². The fourth-order valence-corrected chi connectivity index (χ4v) is 2.94. The number of carbonyl (C=O) groups is 1. The minimum Gasteiger partial charge on any atom is -0.366 e. The predicted octanol–water partition coefficient (Wildman–Crippen LogP) is 2.19. The molecule has 0 aliphatic carbocycles. The first-order valence-corrected chi connectivity index (χ1v) is 8.00. The predicted molar refractivity (Wildman–Crippen MR) is 86.1 cm³/mol. The quantitative estimate of drug-likeness (QED) is 0.752. The monoisotopic (exact) mass is 289 g/mol. The SMILES string of the molecule is CC(CC1CCCCCN1)NCc1cccc(C(N)=O)c1. The van der Waals surface area contributed by atoms with Crippen LogP contribution in [-0.4, -0.2) is 24.5 Å². The molecule has 1 fully saturated rings. The van der Waals surface area contributed by atoms with E-state index in [0.29, 0.717) is 17.6 Å². The van der Waals surface area contributed by atoms with Crippen LogP contribution in [0.2, 0.25) is 0 Å². The van der Waals surface area contributed by atoms with Crippen LogP contribution in [0.4, 0.5) is 0 Å². The van der Waals surface area contributed by atoms with Gasteiger partial charge >= 0.3 is 0 Å². The molecule has 1 aromatic rings. The zero-order valence-electron chi connectivity index (χ0n) is 12.9. The van der Waals surface area contributed by atoms with Gasteiger partial charge in [0.1, 0.15) is 0 Å². The molecular formula is C17H27N3O. The normalized spacial score (nSPS) is 20.7. The maximum atomic E-state index is 11.2. The van der Waals surface area contributed by atoms with Crippen LogP contribution in [0.1, 0.15) is 54.9 Å². The Kier molecular flexibility index (Phi) is 6.21. The second-order valence-electron chi connectivity index (χ2n) is 6.08. The molecule has 4 nitrogen and oxygen atoms in total. The van der Waals surface area contributed by atoms with Crippen molar-refractivity contribution in [1.82, 2.24) is 10.6 Å². The van der Waals surface area contributed by atoms with Crippen LogP contribution in [0.15, 0.2) is 24.3 Å². The van der Waals surface area contributed by atoms with Crippen molar-refractivity contribution in [3.8, 4) is 0 Å². The van der Waals surface area contributed by atoms with Crippen molar-refractivity contribution in [2.75, 3.05) is 6.54 Å². The molecule has 0 radical (unpaired) electrons. The molecule has 1 amide bonds.